The second-order valence-corrected chi connectivity index (χ2v) is 6.87. The number of hydrogen-bond acceptors (Lipinski definition) is 4. The Kier molecular flexibility index (Phi) is 6.06. The average molecular weight is 405 g/mol. The molecule has 0 saturated carbocycles. The van der Waals surface area contributed by atoms with Crippen LogP contribution in [0.2, 0.25) is 0 Å². The van der Waals surface area contributed by atoms with E-state index >= 15 is 0 Å². The number of esters is 1. The van der Waals surface area contributed by atoms with E-state index in [4.69, 9.17) is 14.7 Å². The van der Waals surface area contributed by atoms with Crippen molar-refractivity contribution in [2.45, 2.75) is 0 Å². The van der Waals surface area contributed by atoms with Crippen LogP contribution in [-0.4, -0.2) is 12.6 Å². The molecule has 0 aliphatic carbocycles. The first-order chi connectivity index (χ1) is 15.2. The summed E-state index contributed by atoms with van der Waals surface area (Å²) in [4.78, 5) is 12.1. The van der Waals surface area contributed by atoms with Gasteiger partial charge in [0.15, 0.2) is 6.61 Å². The van der Waals surface area contributed by atoms with Crippen LogP contribution in [0.15, 0.2) is 103 Å². The third-order valence-electron chi connectivity index (χ3n) is 4.75. The topological polar surface area (TPSA) is 59.3 Å². The van der Waals surface area contributed by atoms with E-state index in [1.165, 1.54) is 0 Å². The van der Waals surface area contributed by atoms with Gasteiger partial charge in [0.2, 0.25) is 0 Å². The summed E-state index contributed by atoms with van der Waals surface area (Å²) in [6, 6.07) is 34.3. The quantitative estimate of drug-likeness (QED) is 0.297. The van der Waals surface area contributed by atoms with Gasteiger partial charge in [-0.2, -0.15) is 5.26 Å². The molecule has 0 bridgehead atoms. The van der Waals surface area contributed by atoms with Crippen molar-refractivity contribution in [3.05, 3.63) is 109 Å². The molecule has 0 aliphatic rings. The Bertz CT molecular complexity index is 1190. The minimum absolute atomic E-state index is 0.179. The van der Waals surface area contributed by atoms with Gasteiger partial charge in [-0.25, -0.2) is 4.79 Å². The van der Waals surface area contributed by atoms with Gasteiger partial charge in [0, 0.05) is 0 Å². The Hall–Kier alpha value is -4.36. The lowest BCUT2D eigenvalue weighted by Gasteiger charge is -2.08. The summed E-state index contributed by atoms with van der Waals surface area (Å²) in [5.41, 5.74) is 4.78. The molecule has 0 atom stereocenters. The molecule has 4 nitrogen and oxygen atoms in total. The maximum absolute atomic E-state index is 12.1. The van der Waals surface area contributed by atoms with Gasteiger partial charge in [-0.05, 0) is 58.7 Å². The average Bonchev–Trinajstić information content (AvgIpc) is 2.84. The SMILES string of the molecule is N#Cc1ccc(-c2ccc(OC(=O)COc3ccc(-c4ccccc4)cc3)cc2)cc1. The van der Waals surface area contributed by atoms with E-state index in [1.54, 1.807) is 24.3 Å². The van der Waals surface area contributed by atoms with Crippen LogP contribution in [-0.2, 0) is 4.79 Å². The highest BCUT2D eigenvalue weighted by Crippen LogP contribution is 2.24. The van der Waals surface area contributed by atoms with Crippen molar-refractivity contribution in [1.29, 1.82) is 5.26 Å². The third kappa shape index (κ3) is 5.17. The predicted octanol–water partition coefficient (Wildman–Crippen LogP) is 5.88. The molecule has 0 unspecified atom stereocenters. The van der Waals surface area contributed by atoms with Crippen molar-refractivity contribution in [2.24, 2.45) is 0 Å². The van der Waals surface area contributed by atoms with Gasteiger partial charge < -0.3 is 9.47 Å². The van der Waals surface area contributed by atoms with Gasteiger partial charge in [-0.3, -0.25) is 0 Å². The van der Waals surface area contributed by atoms with Gasteiger partial charge in [0.25, 0.3) is 0 Å². The van der Waals surface area contributed by atoms with Crippen molar-refractivity contribution in [2.75, 3.05) is 6.61 Å². The van der Waals surface area contributed by atoms with Gasteiger partial charge in [0.1, 0.15) is 11.5 Å². The molecule has 4 aromatic rings. The third-order valence-corrected chi connectivity index (χ3v) is 4.75. The number of carbonyl (C=O) groups excluding carboxylic acids is 1. The zero-order chi connectivity index (χ0) is 21.5. The summed E-state index contributed by atoms with van der Waals surface area (Å²) < 4.78 is 10.9. The lowest BCUT2D eigenvalue weighted by atomic mass is 10.0. The minimum atomic E-state index is -0.474. The molecule has 0 spiro atoms. The van der Waals surface area contributed by atoms with Gasteiger partial charge in [-0.15, -0.1) is 0 Å². The highest BCUT2D eigenvalue weighted by molar-refractivity contribution is 5.74. The van der Waals surface area contributed by atoms with Crippen LogP contribution < -0.4 is 9.47 Å². The van der Waals surface area contributed by atoms with E-state index in [1.807, 2.05) is 78.9 Å². The molecule has 0 aliphatic heterocycles. The fraction of sp³-hybridized carbons (Fsp3) is 0.0370. The van der Waals surface area contributed by atoms with Gasteiger partial charge in [-0.1, -0.05) is 66.7 Å². The van der Waals surface area contributed by atoms with Crippen molar-refractivity contribution in [1.82, 2.24) is 0 Å². The Morgan fingerprint density at radius 3 is 1.68 bits per heavy atom. The highest BCUT2D eigenvalue weighted by Gasteiger charge is 2.07. The summed E-state index contributed by atoms with van der Waals surface area (Å²) in [5, 5.41) is 8.89. The van der Waals surface area contributed by atoms with Crippen molar-refractivity contribution >= 4 is 5.97 Å². The summed E-state index contributed by atoms with van der Waals surface area (Å²) in [5.74, 6) is 0.580. The van der Waals surface area contributed by atoms with Crippen LogP contribution in [0.4, 0.5) is 0 Å². The van der Waals surface area contributed by atoms with Crippen LogP contribution in [0.25, 0.3) is 22.3 Å². The van der Waals surface area contributed by atoms with E-state index < -0.39 is 5.97 Å². The zero-order valence-corrected chi connectivity index (χ0v) is 16.7. The number of nitriles is 1. The number of nitrogens with zero attached hydrogens (tertiary/aromatic N) is 1. The lowest BCUT2D eigenvalue weighted by molar-refractivity contribution is -0.136. The molecule has 0 heterocycles. The van der Waals surface area contributed by atoms with E-state index in [-0.39, 0.29) is 6.61 Å². The first kappa shape index (κ1) is 19.9. The molecule has 4 heteroatoms. The van der Waals surface area contributed by atoms with E-state index in [0.717, 1.165) is 22.3 Å². The maximum Gasteiger partial charge on any atom is 0.349 e. The van der Waals surface area contributed by atoms with Gasteiger partial charge >= 0.3 is 5.97 Å². The normalized spacial score (nSPS) is 10.2. The van der Waals surface area contributed by atoms with Crippen LogP contribution in [0, 0.1) is 11.3 Å². The molecule has 31 heavy (non-hydrogen) atoms. The second kappa shape index (κ2) is 9.43. The first-order valence-electron chi connectivity index (χ1n) is 9.81. The molecule has 0 fully saturated rings. The summed E-state index contributed by atoms with van der Waals surface area (Å²) >= 11 is 0. The van der Waals surface area contributed by atoms with Crippen LogP contribution in [0.5, 0.6) is 11.5 Å². The summed E-state index contributed by atoms with van der Waals surface area (Å²) in [6.45, 7) is -0.179. The number of carbonyl (C=O) groups is 1. The Labute approximate surface area is 180 Å². The highest BCUT2D eigenvalue weighted by atomic mass is 16.6. The molecule has 0 radical (unpaired) electrons. The molecular weight excluding hydrogens is 386 g/mol. The van der Waals surface area contributed by atoms with Crippen molar-refractivity contribution in [3.8, 4) is 39.8 Å². The number of rotatable bonds is 6. The standard InChI is InChI=1S/C27H19NO3/c28-18-20-6-8-22(9-7-20)24-12-16-26(17-13-24)31-27(29)19-30-25-14-10-23(11-15-25)21-4-2-1-3-5-21/h1-17H,19H2. The molecule has 4 aromatic carbocycles. The molecule has 0 N–H and O–H groups in total. The minimum Gasteiger partial charge on any atom is -0.482 e. The van der Waals surface area contributed by atoms with E-state index in [9.17, 15) is 4.79 Å². The maximum atomic E-state index is 12.1. The number of benzene rings is 4. The molecule has 4 rings (SSSR count). The van der Waals surface area contributed by atoms with Crippen LogP contribution in [0.3, 0.4) is 0 Å². The van der Waals surface area contributed by atoms with Crippen LogP contribution in [0.1, 0.15) is 5.56 Å². The summed E-state index contributed by atoms with van der Waals surface area (Å²) in [6.07, 6.45) is 0. The lowest BCUT2D eigenvalue weighted by Crippen LogP contribution is -2.17. The molecule has 150 valence electrons. The fourth-order valence-electron chi connectivity index (χ4n) is 3.13. The Morgan fingerprint density at radius 1 is 0.645 bits per heavy atom. The van der Waals surface area contributed by atoms with Crippen LogP contribution >= 0.6 is 0 Å². The predicted molar refractivity (Wildman–Crippen MR) is 120 cm³/mol. The first-order valence-corrected chi connectivity index (χ1v) is 9.81. The van der Waals surface area contributed by atoms with Crippen molar-refractivity contribution in [3.63, 3.8) is 0 Å². The van der Waals surface area contributed by atoms with E-state index in [0.29, 0.717) is 17.1 Å². The summed E-state index contributed by atoms with van der Waals surface area (Å²) in [7, 11) is 0. The Balaban J connectivity index is 1.31. The number of ether oxygens (including phenoxy) is 2. The Morgan fingerprint density at radius 2 is 1.13 bits per heavy atom. The molecule has 0 amide bonds. The molecule has 0 aromatic heterocycles. The largest absolute Gasteiger partial charge is 0.482 e. The zero-order valence-electron chi connectivity index (χ0n) is 16.7. The molecular formula is C27H19NO3. The van der Waals surface area contributed by atoms with E-state index in [2.05, 4.69) is 6.07 Å². The van der Waals surface area contributed by atoms with Crippen molar-refractivity contribution < 1.29 is 14.3 Å². The number of hydrogen-bond donors (Lipinski definition) is 0. The van der Waals surface area contributed by atoms with Gasteiger partial charge in [0.05, 0.1) is 11.6 Å². The molecule has 0 saturated heterocycles. The monoisotopic (exact) mass is 405 g/mol. The smallest absolute Gasteiger partial charge is 0.349 e. The fourth-order valence-corrected chi connectivity index (χ4v) is 3.13. The second-order valence-electron chi connectivity index (χ2n) is 6.87.